The number of nitrogens with one attached hydrogen (secondary N) is 2. The highest BCUT2D eigenvalue weighted by Crippen LogP contribution is 2.09. The number of hydrogen-bond acceptors (Lipinski definition) is 2. The van der Waals surface area contributed by atoms with Gasteiger partial charge < -0.3 is 15.5 Å². The molecule has 2 rings (SSSR count). The highest BCUT2D eigenvalue weighted by Gasteiger charge is 2.09. The van der Waals surface area contributed by atoms with Crippen molar-refractivity contribution >= 4 is 11.9 Å². The lowest BCUT2D eigenvalue weighted by Gasteiger charge is -2.22. The van der Waals surface area contributed by atoms with Crippen molar-refractivity contribution in [1.29, 1.82) is 0 Å². The van der Waals surface area contributed by atoms with Crippen molar-refractivity contribution in [3.63, 3.8) is 0 Å². The predicted octanol–water partition coefficient (Wildman–Crippen LogP) is 2.71. The summed E-state index contributed by atoms with van der Waals surface area (Å²) in [5.41, 5.74) is 1.61. The molecule has 5 nitrogen and oxygen atoms in total. The van der Waals surface area contributed by atoms with Crippen LogP contribution in [-0.4, -0.2) is 44.0 Å². The van der Waals surface area contributed by atoms with Gasteiger partial charge in [-0.1, -0.05) is 18.2 Å². The van der Waals surface area contributed by atoms with E-state index in [4.69, 9.17) is 0 Å². The molecule has 0 unspecified atom stereocenters. The van der Waals surface area contributed by atoms with Crippen LogP contribution in [0.3, 0.4) is 0 Å². The quantitative estimate of drug-likeness (QED) is 0.464. The Hall–Kier alpha value is -2.96. The third-order valence-corrected chi connectivity index (χ3v) is 4.01. The van der Waals surface area contributed by atoms with Crippen molar-refractivity contribution in [2.75, 3.05) is 27.2 Å². The van der Waals surface area contributed by atoms with Crippen molar-refractivity contribution < 1.29 is 13.6 Å². The number of halogens is 2. The van der Waals surface area contributed by atoms with Crippen LogP contribution in [-0.2, 0) is 6.54 Å². The van der Waals surface area contributed by atoms with Gasteiger partial charge in [0.05, 0.1) is 0 Å². The number of nitrogens with zero attached hydrogens (tertiary/aromatic N) is 2. The Labute approximate surface area is 158 Å². The van der Waals surface area contributed by atoms with E-state index < -0.39 is 5.82 Å². The van der Waals surface area contributed by atoms with Crippen molar-refractivity contribution in [1.82, 2.24) is 15.5 Å². The van der Waals surface area contributed by atoms with Crippen LogP contribution in [0.5, 0.6) is 0 Å². The summed E-state index contributed by atoms with van der Waals surface area (Å²) < 4.78 is 26.8. The minimum atomic E-state index is -0.403. The Balaban J connectivity index is 1.80. The van der Waals surface area contributed by atoms with Crippen molar-refractivity contribution in [2.45, 2.75) is 13.5 Å². The number of carbonyl (C=O) groups is 1. The van der Waals surface area contributed by atoms with Gasteiger partial charge in [-0.25, -0.2) is 8.78 Å². The van der Waals surface area contributed by atoms with Gasteiger partial charge in [0, 0.05) is 39.3 Å². The van der Waals surface area contributed by atoms with Gasteiger partial charge in [-0.2, -0.15) is 0 Å². The van der Waals surface area contributed by atoms with Gasteiger partial charge >= 0.3 is 0 Å². The molecule has 0 heterocycles. The van der Waals surface area contributed by atoms with Gasteiger partial charge in [0.25, 0.3) is 5.91 Å². The highest BCUT2D eigenvalue weighted by molar-refractivity contribution is 5.94. The first-order valence-corrected chi connectivity index (χ1v) is 8.61. The van der Waals surface area contributed by atoms with E-state index in [9.17, 15) is 13.6 Å². The summed E-state index contributed by atoms with van der Waals surface area (Å²) in [7, 11) is 3.49. The fourth-order valence-corrected chi connectivity index (χ4v) is 2.56. The number of hydrogen-bond donors (Lipinski definition) is 2. The maximum Gasteiger partial charge on any atom is 0.251 e. The molecule has 0 aliphatic heterocycles. The molecule has 27 heavy (non-hydrogen) atoms. The van der Waals surface area contributed by atoms with Gasteiger partial charge in [0.2, 0.25) is 0 Å². The van der Waals surface area contributed by atoms with E-state index in [0.717, 1.165) is 5.56 Å². The van der Waals surface area contributed by atoms with Gasteiger partial charge in [-0.05, 0) is 42.3 Å². The van der Waals surface area contributed by atoms with E-state index in [0.29, 0.717) is 31.2 Å². The Bertz CT molecular complexity index is 823. The monoisotopic (exact) mass is 374 g/mol. The van der Waals surface area contributed by atoms with E-state index in [2.05, 4.69) is 15.6 Å². The molecule has 2 aromatic carbocycles. The third-order valence-electron chi connectivity index (χ3n) is 4.01. The molecule has 0 fully saturated rings. The van der Waals surface area contributed by atoms with E-state index in [-0.39, 0.29) is 17.3 Å². The number of aliphatic imine (C=N–C) groups is 1. The minimum absolute atomic E-state index is 0.279. The van der Waals surface area contributed by atoms with Crippen molar-refractivity contribution in [2.24, 2.45) is 4.99 Å². The average molecular weight is 374 g/mol. The molecule has 2 aromatic rings. The smallest absolute Gasteiger partial charge is 0.251 e. The van der Waals surface area contributed by atoms with Gasteiger partial charge in [0.1, 0.15) is 11.6 Å². The normalized spacial score (nSPS) is 11.2. The summed E-state index contributed by atoms with van der Waals surface area (Å²) in [4.78, 5) is 18.1. The van der Waals surface area contributed by atoms with Crippen LogP contribution >= 0.6 is 0 Å². The molecule has 7 heteroatoms. The Morgan fingerprint density at radius 2 is 1.85 bits per heavy atom. The van der Waals surface area contributed by atoms with Gasteiger partial charge in [0.15, 0.2) is 5.96 Å². The Morgan fingerprint density at radius 1 is 1.11 bits per heavy atom. The average Bonchev–Trinajstić information content (AvgIpc) is 2.63. The van der Waals surface area contributed by atoms with Crippen LogP contribution in [0, 0.1) is 18.6 Å². The second-order valence-electron chi connectivity index (χ2n) is 6.18. The van der Waals surface area contributed by atoms with Crippen molar-refractivity contribution in [3.05, 3.63) is 70.8 Å². The van der Waals surface area contributed by atoms with Crippen molar-refractivity contribution in [3.8, 4) is 0 Å². The van der Waals surface area contributed by atoms with Crippen LogP contribution < -0.4 is 10.6 Å². The zero-order valence-corrected chi connectivity index (χ0v) is 15.7. The standard InChI is InChI=1S/C20H24F2N4O/c1-14-7-8-16(12-18(14)22)19(27)24-9-10-25-20(23-2)26(3)13-15-5-4-6-17(21)11-15/h4-8,11-12H,9-10,13H2,1-3H3,(H,23,25)(H,24,27). The van der Waals surface area contributed by atoms with E-state index >= 15 is 0 Å². The van der Waals surface area contributed by atoms with Gasteiger partial charge in [-0.15, -0.1) is 0 Å². The Kier molecular flexibility index (Phi) is 7.28. The summed E-state index contributed by atoms with van der Waals surface area (Å²) in [6.07, 6.45) is 0. The third kappa shape index (κ3) is 6.06. The summed E-state index contributed by atoms with van der Waals surface area (Å²) in [6, 6.07) is 10.8. The van der Waals surface area contributed by atoms with Gasteiger partial charge in [-0.3, -0.25) is 9.79 Å². The maximum absolute atomic E-state index is 13.5. The summed E-state index contributed by atoms with van der Waals surface area (Å²) in [5, 5.41) is 5.85. The fourth-order valence-electron chi connectivity index (χ4n) is 2.56. The number of carbonyl (C=O) groups excluding carboxylic acids is 1. The molecule has 0 saturated heterocycles. The molecule has 0 bridgehead atoms. The second kappa shape index (κ2) is 9.66. The lowest BCUT2D eigenvalue weighted by atomic mass is 10.1. The summed E-state index contributed by atoms with van der Waals surface area (Å²) in [5.74, 6) is -0.395. The molecular formula is C20H24F2N4O. The minimum Gasteiger partial charge on any atom is -0.354 e. The van der Waals surface area contributed by atoms with E-state index in [1.807, 2.05) is 18.0 Å². The molecule has 0 aliphatic carbocycles. The van der Waals surface area contributed by atoms with Crippen LogP contribution in [0.25, 0.3) is 0 Å². The van der Waals surface area contributed by atoms with Crippen LogP contribution in [0.1, 0.15) is 21.5 Å². The van der Waals surface area contributed by atoms with Crippen LogP contribution in [0.2, 0.25) is 0 Å². The molecule has 1 amide bonds. The molecule has 0 radical (unpaired) electrons. The number of guanidine groups is 1. The lowest BCUT2D eigenvalue weighted by Crippen LogP contribution is -2.42. The molecular weight excluding hydrogens is 350 g/mol. The second-order valence-corrected chi connectivity index (χ2v) is 6.18. The molecule has 0 saturated carbocycles. The maximum atomic E-state index is 13.5. The summed E-state index contributed by atoms with van der Waals surface area (Å²) >= 11 is 0. The van der Waals surface area contributed by atoms with E-state index in [1.165, 1.54) is 18.2 Å². The first-order chi connectivity index (χ1) is 12.9. The van der Waals surface area contributed by atoms with Crippen LogP contribution in [0.15, 0.2) is 47.5 Å². The number of benzene rings is 2. The topological polar surface area (TPSA) is 56.7 Å². The fraction of sp³-hybridized carbons (Fsp3) is 0.300. The zero-order valence-electron chi connectivity index (χ0n) is 15.7. The molecule has 0 aliphatic rings. The Morgan fingerprint density at radius 3 is 2.52 bits per heavy atom. The SMILES string of the molecule is CN=C(NCCNC(=O)c1ccc(C)c(F)c1)N(C)Cc1cccc(F)c1. The van der Waals surface area contributed by atoms with Crippen LogP contribution in [0.4, 0.5) is 8.78 Å². The molecule has 144 valence electrons. The number of aryl methyl sites for hydroxylation is 1. The first-order valence-electron chi connectivity index (χ1n) is 8.61. The molecule has 0 spiro atoms. The van der Waals surface area contributed by atoms with E-state index in [1.54, 1.807) is 32.2 Å². The molecule has 0 aromatic heterocycles. The summed E-state index contributed by atoms with van der Waals surface area (Å²) in [6.45, 7) is 2.93. The largest absolute Gasteiger partial charge is 0.354 e. The number of amides is 1. The highest BCUT2D eigenvalue weighted by atomic mass is 19.1. The zero-order chi connectivity index (χ0) is 19.8. The predicted molar refractivity (Wildman–Crippen MR) is 103 cm³/mol. The number of rotatable bonds is 6. The lowest BCUT2D eigenvalue weighted by molar-refractivity contribution is 0.0954. The molecule has 2 N–H and O–H groups in total. The molecule has 0 atom stereocenters. The first kappa shape index (κ1) is 20.4.